The number of hydrogen-bond acceptors (Lipinski definition) is 5. The monoisotopic (exact) mass is 262 g/mol. The Morgan fingerprint density at radius 3 is 2.47 bits per heavy atom. The fourth-order valence-corrected chi connectivity index (χ4v) is 4.65. The first kappa shape index (κ1) is 12.8. The quantitative estimate of drug-likeness (QED) is 0.658. The molecule has 2 rings (SSSR count). The van der Waals surface area contributed by atoms with Gasteiger partial charge in [-0.1, -0.05) is 0 Å². The van der Waals surface area contributed by atoms with Crippen molar-refractivity contribution in [3.05, 3.63) is 0 Å². The summed E-state index contributed by atoms with van der Waals surface area (Å²) in [5.74, 6) is -1.12. The molecule has 0 amide bonds. The predicted octanol–water partition coefficient (Wildman–Crippen LogP) is -1.08. The van der Waals surface area contributed by atoms with E-state index in [1.807, 2.05) is 4.90 Å². The lowest BCUT2D eigenvalue weighted by Crippen LogP contribution is -2.64. The molecule has 2 N–H and O–H groups in total. The minimum atomic E-state index is -3.23. The van der Waals surface area contributed by atoms with Gasteiger partial charge in [-0.3, -0.25) is 9.69 Å². The molecule has 0 radical (unpaired) electrons. The van der Waals surface area contributed by atoms with E-state index in [1.165, 1.54) is 0 Å². The highest BCUT2D eigenvalue weighted by Crippen LogP contribution is 2.29. The van der Waals surface area contributed by atoms with Crippen LogP contribution in [-0.2, 0) is 14.6 Å². The molecular weight excluding hydrogens is 244 g/mol. The number of nitrogens with one attached hydrogen (secondary N) is 1. The molecule has 1 atom stereocenters. The molecule has 0 bridgehead atoms. The second-order valence-corrected chi connectivity index (χ2v) is 6.95. The van der Waals surface area contributed by atoms with Crippen LogP contribution in [0.1, 0.15) is 12.8 Å². The molecule has 2 aliphatic rings. The van der Waals surface area contributed by atoms with Crippen molar-refractivity contribution in [1.29, 1.82) is 0 Å². The van der Waals surface area contributed by atoms with E-state index in [0.29, 0.717) is 25.9 Å². The Kier molecular flexibility index (Phi) is 3.42. The minimum Gasteiger partial charge on any atom is -0.480 e. The maximum Gasteiger partial charge on any atom is 0.325 e. The van der Waals surface area contributed by atoms with Gasteiger partial charge in [0.25, 0.3) is 0 Å². The molecule has 2 aliphatic heterocycles. The molecule has 0 aromatic rings. The van der Waals surface area contributed by atoms with Crippen LogP contribution in [0.15, 0.2) is 0 Å². The topological polar surface area (TPSA) is 86.7 Å². The summed E-state index contributed by atoms with van der Waals surface area (Å²) in [4.78, 5) is 13.4. The van der Waals surface area contributed by atoms with Crippen molar-refractivity contribution < 1.29 is 18.3 Å². The van der Waals surface area contributed by atoms with E-state index in [1.54, 1.807) is 0 Å². The zero-order valence-corrected chi connectivity index (χ0v) is 10.5. The third-order valence-corrected chi connectivity index (χ3v) is 5.45. The van der Waals surface area contributed by atoms with Gasteiger partial charge in [-0.05, 0) is 12.8 Å². The molecule has 0 spiro atoms. The highest BCUT2D eigenvalue weighted by atomic mass is 32.2. The number of nitrogens with zero attached hydrogens (tertiary/aromatic N) is 1. The van der Waals surface area contributed by atoms with Crippen LogP contribution in [0.5, 0.6) is 0 Å². The molecule has 2 saturated heterocycles. The van der Waals surface area contributed by atoms with E-state index in [4.69, 9.17) is 0 Å². The van der Waals surface area contributed by atoms with E-state index in [9.17, 15) is 18.3 Å². The largest absolute Gasteiger partial charge is 0.480 e. The van der Waals surface area contributed by atoms with Gasteiger partial charge in [-0.15, -0.1) is 0 Å². The molecule has 6 nitrogen and oxygen atoms in total. The molecule has 0 saturated carbocycles. The third kappa shape index (κ3) is 2.46. The molecule has 0 aromatic carbocycles. The Balaban J connectivity index is 2.28. The molecular formula is C10H18N2O4S. The van der Waals surface area contributed by atoms with E-state index < -0.39 is 21.3 Å². The average molecular weight is 262 g/mol. The van der Waals surface area contributed by atoms with Crippen LogP contribution in [0.4, 0.5) is 0 Å². The summed E-state index contributed by atoms with van der Waals surface area (Å²) in [5, 5.41) is 12.6. The third-order valence-electron chi connectivity index (χ3n) is 3.62. The van der Waals surface area contributed by atoms with Gasteiger partial charge < -0.3 is 10.4 Å². The van der Waals surface area contributed by atoms with Crippen LogP contribution < -0.4 is 5.32 Å². The van der Waals surface area contributed by atoms with Crippen molar-refractivity contribution in [1.82, 2.24) is 10.2 Å². The standard InChI is InChI=1S/C10H18N2O4S/c13-9(14)10(12-5-3-11-4-6-12)2-1-7-17(15,16)8-10/h11H,1-8H2,(H,13,14). The highest BCUT2D eigenvalue weighted by Gasteiger charge is 2.49. The summed E-state index contributed by atoms with van der Waals surface area (Å²) in [6, 6.07) is 0. The molecule has 7 heteroatoms. The lowest BCUT2D eigenvalue weighted by atomic mass is 9.92. The van der Waals surface area contributed by atoms with Crippen LogP contribution in [-0.4, -0.2) is 67.6 Å². The highest BCUT2D eigenvalue weighted by molar-refractivity contribution is 7.91. The van der Waals surface area contributed by atoms with E-state index in [2.05, 4.69) is 5.32 Å². The zero-order chi connectivity index (χ0) is 12.5. The number of rotatable bonds is 2. The van der Waals surface area contributed by atoms with Crippen LogP contribution in [0.2, 0.25) is 0 Å². The second-order valence-electron chi connectivity index (χ2n) is 4.77. The number of aliphatic carboxylic acids is 1. The molecule has 2 fully saturated rings. The smallest absolute Gasteiger partial charge is 0.325 e. The molecule has 98 valence electrons. The van der Waals surface area contributed by atoms with Gasteiger partial charge in [0.05, 0.1) is 11.5 Å². The Morgan fingerprint density at radius 1 is 1.29 bits per heavy atom. The Labute approximate surface area is 101 Å². The Hall–Kier alpha value is -0.660. The van der Waals surface area contributed by atoms with Crippen molar-refractivity contribution >= 4 is 15.8 Å². The van der Waals surface area contributed by atoms with Gasteiger partial charge in [-0.2, -0.15) is 0 Å². The van der Waals surface area contributed by atoms with Crippen molar-refractivity contribution in [2.45, 2.75) is 18.4 Å². The zero-order valence-electron chi connectivity index (χ0n) is 9.68. The van der Waals surface area contributed by atoms with Crippen molar-refractivity contribution in [2.24, 2.45) is 0 Å². The van der Waals surface area contributed by atoms with Gasteiger partial charge in [0.1, 0.15) is 5.54 Å². The maximum absolute atomic E-state index is 11.7. The summed E-state index contributed by atoms with van der Waals surface area (Å²) in [6.45, 7) is 2.63. The number of sulfone groups is 1. The fourth-order valence-electron chi connectivity index (χ4n) is 2.74. The molecule has 17 heavy (non-hydrogen) atoms. The SMILES string of the molecule is O=C(O)C1(N2CCNCC2)CCCS(=O)(=O)C1. The minimum absolute atomic E-state index is 0.119. The van der Waals surface area contributed by atoms with E-state index in [-0.39, 0.29) is 11.5 Å². The number of carbonyl (C=O) groups is 1. The van der Waals surface area contributed by atoms with Gasteiger partial charge in [-0.25, -0.2) is 8.42 Å². The van der Waals surface area contributed by atoms with Gasteiger partial charge in [0.15, 0.2) is 9.84 Å². The summed E-state index contributed by atoms with van der Waals surface area (Å²) in [6.07, 6.45) is 0.875. The number of piperazine rings is 1. The first-order chi connectivity index (χ1) is 7.96. The number of carboxylic acid groups (broad SMARTS) is 1. The summed E-state index contributed by atoms with van der Waals surface area (Å²) < 4.78 is 23.4. The second kappa shape index (κ2) is 4.55. The van der Waals surface area contributed by atoms with Crippen LogP contribution in [0.25, 0.3) is 0 Å². The van der Waals surface area contributed by atoms with Crippen molar-refractivity contribution in [3.8, 4) is 0 Å². The fraction of sp³-hybridized carbons (Fsp3) is 0.900. The van der Waals surface area contributed by atoms with Gasteiger partial charge in [0, 0.05) is 26.2 Å². The van der Waals surface area contributed by atoms with Crippen molar-refractivity contribution in [3.63, 3.8) is 0 Å². The van der Waals surface area contributed by atoms with E-state index in [0.717, 1.165) is 13.1 Å². The van der Waals surface area contributed by atoms with Crippen molar-refractivity contribution in [2.75, 3.05) is 37.7 Å². The lowest BCUT2D eigenvalue weighted by molar-refractivity contribution is -0.151. The average Bonchev–Trinajstić information content (AvgIpc) is 2.28. The normalized spacial score (nSPS) is 34.4. The Morgan fingerprint density at radius 2 is 1.94 bits per heavy atom. The molecule has 0 aromatic heterocycles. The summed E-state index contributed by atoms with van der Waals surface area (Å²) >= 11 is 0. The predicted molar refractivity (Wildman–Crippen MR) is 62.7 cm³/mol. The summed E-state index contributed by atoms with van der Waals surface area (Å²) in [5.41, 5.74) is -1.20. The Bertz CT molecular complexity index is 403. The van der Waals surface area contributed by atoms with Gasteiger partial charge >= 0.3 is 5.97 Å². The number of hydrogen-bond donors (Lipinski definition) is 2. The lowest BCUT2D eigenvalue weighted by Gasteiger charge is -2.44. The first-order valence-electron chi connectivity index (χ1n) is 5.86. The number of carboxylic acids is 1. The molecule has 1 unspecified atom stereocenters. The van der Waals surface area contributed by atoms with E-state index >= 15 is 0 Å². The van der Waals surface area contributed by atoms with Gasteiger partial charge in [0.2, 0.25) is 0 Å². The molecule has 2 heterocycles. The van der Waals surface area contributed by atoms with Crippen LogP contribution in [0, 0.1) is 0 Å². The summed E-state index contributed by atoms with van der Waals surface area (Å²) in [7, 11) is -3.23. The maximum atomic E-state index is 11.7. The van der Waals surface area contributed by atoms with Crippen LogP contribution >= 0.6 is 0 Å². The molecule has 0 aliphatic carbocycles. The first-order valence-corrected chi connectivity index (χ1v) is 7.68. The van der Waals surface area contributed by atoms with Crippen LogP contribution in [0.3, 0.4) is 0 Å².